The summed E-state index contributed by atoms with van der Waals surface area (Å²) in [6.07, 6.45) is 1.56. The standard InChI is InChI=1S/C10H16N4O/c1-8-9(12-7-13-10(8)15-2)14-5-3-11-4-6-14/h7,11H,3-6H2,1-2H3. The lowest BCUT2D eigenvalue weighted by molar-refractivity contribution is 0.393. The van der Waals surface area contributed by atoms with E-state index in [4.69, 9.17) is 4.74 Å². The van der Waals surface area contributed by atoms with Gasteiger partial charge in [-0.15, -0.1) is 0 Å². The third kappa shape index (κ3) is 2.02. The molecule has 1 aromatic rings. The summed E-state index contributed by atoms with van der Waals surface area (Å²) in [6.45, 7) is 5.98. The van der Waals surface area contributed by atoms with Crippen molar-refractivity contribution in [3.05, 3.63) is 11.9 Å². The van der Waals surface area contributed by atoms with Gasteiger partial charge in [-0.3, -0.25) is 0 Å². The highest BCUT2D eigenvalue weighted by molar-refractivity contribution is 5.50. The van der Waals surface area contributed by atoms with Crippen molar-refractivity contribution in [3.63, 3.8) is 0 Å². The second kappa shape index (κ2) is 4.44. The van der Waals surface area contributed by atoms with Gasteiger partial charge in [-0.1, -0.05) is 0 Å². The van der Waals surface area contributed by atoms with Gasteiger partial charge in [-0.25, -0.2) is 9.97 Å². The SMILES string of the molecule is COc1ncnc(N2CCNCC2)c1C. The first-order valence-corrected chi connectivity index (χ1v) is 5.14. The van der Waals surface area contributed by atoms with Gasteiger partial charge in [0.1, 0.15) is 12.1 Å². The molecule has 5 nitrogen and oxygen atoms in total. The molecule has 5 heteroatoms. The number of nitrogens with one attached hydrogen (secondary N) is 1. The summed E-state index contributed by atoms with van der Waals surface area (Å²) in [5, 5.41) is 3.32. The average molecular weight is 208 g/mol. The number of aromatic nitrogens is 2. The third-order valence-electron chi connectivity index (χ3n) is 2.62. The van der Waals surface area contributed by atoms with Crippen molar-refractivity contribution in [2.75, 3.05) is 38.2 Å². The first-order chi connectivity index (χ1) is 7.33. The molecule has 0 aliphatic carbocycles. The van der Waals surface area contributed by atoms with Gasteiger partial charge in [-0.05, 0) is 6.92 Å². The van der Waals surface area contributed by atoms with Crippen molar-refractivity contribution in [1.82, 2.24) is 15.3 Å². The van der Waals surface area contributed by atoms with E-state index in [0.717, 1.165) is 37.6 Å². The lowest BCUT2D eigenvalue weighted by Crippen LogP contribution is -2.44. The fraction of sp³-hybridized carbons (Fsp3) is 0.600. The summed E-state index contributed by atoms with van der Waals surface area (Å²) in [7, 11) is 1.64. The Hall–Kier alpha value is -1.36. The van der Waals surface area contributed by atoms with E-state index in [-0.39, 0.29) is 0 Å². The Bertz CT molecular complexity index is 336. The number of nitrogens with zero attached hydrogens (tertiary/aromatic N) is 3. The predicted octanol–water partition coefficient (Wildman–Crippen LogP) is 0.203. The number of ether oxygens (including phenoxy) is 1. The maximum atomic E-state index is 5.18. The number of hydrogen-bond donors (Lipinski definition) is 1. The van der Waals surface area contributed by atoms with Crippen molar-refractivity contribution >= 4 is 5.82 Å². The van der Waals surface area contributed by atoms with Crippen LogP contribution in [0.1, 0.15) is 5.56 Å². The van der Waals surface area contributed by atoms with Crippen LogP contribution in [0, 0.1) is 6.92 Å². The normalized spacial score (nSPS) is 16.5. The molecule has 1 fully saturated rings. The summed E-state index contributed by atoms with van der Waals surface area (Å²) < 4.78 is 5.18. The van der Waals surface area contributed by atoms with Crippen molar-refractivity contribution in [2.24, 2.45) is 0 Å². The maximum Gasteiger partial charge on any atom is 0.221 e. The van der Waals surface area contributed by atoms with Crippen molar-refractivity contribution in [2.45, 2.75) is 6.92 Å². The molecule has 0 saturated carbocycles. The zero-order chi connectivity index (χ0) is 10.7. The summed E-state index contributed by atoms with van der Waals surface area (Å²) in [5.74, 6) is 1.65. The van der Waals surface area contributed by atoms with Gasteiger partial charge < -0.3 is 15.0 Å². The Morgan fingerprint density at radius 2 is 2.07 bits per heavy atom. The Morgan fingerprint density at radius 3 is 2.73 bits per heavy atom. The molecule has 82 valence electrons. The van der Waals surface area contributed by atoms with E-state index in [1.807, 2.05) is 6.92 Å². The molecule has 0 radical (unpaired) electrons. The quantitative estimate of drug-likeness (QED) is 0.752. The second-order valence-electron chi connectivity index (χ2n) is 3.57. The Morgan fingerprint density at radius 1 is 1.33 bits per heavy atom. The van der Waals surface area contributed by atoms with Crippen LogP contribution in [0.15, 0.2) is 6.33 Å². The minimum Gasteiger partial charge on any atom is -0.481 e. The molecule has 1 aliphatic heterocycles. The van der Waals surface area contributed by atoms with E-state index in [1.54, 1.807) is 13.4 Å². The van der Waals surface area contributed by atoms with Crippen LogP contribution in [0.5, 0.6) is 5.88 Å². The molecule has 1 aliphatic rings. The molecule has 2 heterocycles. The third-order valence-corrected chi connectivity index (χ3v) is 2.62. The van der Waals surface area contributed by atoms with Crippen LogP contribution in [-0.2, 0) is 0 Å². The van der Waals surface area contributed by atoms with Gasteiger partial charge >= 0.3 is 0 Å². The predicted molar refractivity (Wildman–Crippen MR) is 58.4 cm³/mol. The highest BCUT2D eigenvalue weighted by Gasteiger charge is 2.16. The molecular weight excluding hydrogens is 192 g/mol. The van der Waals surface area contributed by atoms with Crippen molar-refractivity contribution < 1.29 is 4.74 Å². The van der Waals surface area contributed by atoms with E-state index in [0.29, 0.717) is 5.88 Å². The molecule has 1 N–H and O–H groups in total. The molecular formula is C10H16N4O. The van der Waals surface area contributed by atoms with E-state index < -0.39 is 0 Å². The number of hydrogen-bond acceptors (Lipinski definition) is 5. The minimum absolute atomic E-state index is 0.665. The molecule has 0 bridgehead atoms. The Kier molecular flexibility index (Phi) is 3.01. The topological polar surface area (TPSA) is 50.3 Å². The molecule has 0 unspecified atom stereocenters. The molecule has 0 amide bonds. The molecule has 0 atom stereocenters. The number of rotatable bonds is 2. The summed E-state index contributed by atoms with van der Waals surface area (Å²) >= 11 is 0. The zero-order valence-electron chi connectivity index (χ0n) is 9.16. The number of methoxy groups -OCH3 is 1. The van der Waals surface area contributed by atoms with Gasteiger partial charge in [0, 0.05) is 26.2 Å². The molecule has 1 saturated heterocycles. The van der Waals surface area contributed by atoms with Gasteiger partial charge in [0.2, 0.25) is 5.88 Å². The fourth-order valence-electron chi connectivity index (χ4n) is 1.83. The molecule has 0 aromatic carbocycles. The van der Waals surface area contributed by atoms with E-state index in [1.165, 1.54) is 0 Å². The zero-order valence-corrected chi connectivity index (χ0v) is 9.16. The monoisotopic (exact) mass is 208 g/mol. The molecule has 0 spiro atoms. The largest absolute Gasteiger partial charge is 0.481 e. The minimum atomic E-state index is 0.665. The lowest BCUT2D eigenvalue weighted by Gasteiger charge is -2.29. The van der Waals surface area contributed by atoms with Crippen molar-refractivity contribution in [3.8, 4) is 5.88 Å². The van der Waals surface area contributed by atoms with E-state index in [2.05, 4.69) is 20.2 Å². The second-order valence-corrected chi connectivity index (χ2v) is 3.57. The van der Waals surface area contributed by atoms with E-state index >= 15 is 0 Å². The highest BCUT2D eigenvalue weighted by atomic mass is 16.5. The first-order valence-electron chi connectivity index (χ1n) is 5.14. The maximum absolute atomic E-state index is 5.18. The first kappa shape index (κ1) is 10.2. The molecule has 15 heavy (non-hydrogen) atoms. The Balaban J connectivity index is 2.26. The van der Waals surface area contributed by atoms with Crippen LogP contribution in [-0.4, -0.2) is 43.3 Å². The summed E-state index contributed by atoms with van der Waals surface area (Å²) in [5.41, 5.74) is 1.02. The van der Waals surface area contributed by atoms with Gasteiger partial charge in [-0.2, -0.15) is 0 Å². The molecule has 2 rings (SSSR count). The van der Waals surface area contributed by atoms with Gasteiger partial charge in [0.25, 0.3) is 0 Å². The van der Waals surface area contributed by atoms with Crippen LogP contribution >= 0.6 is 0 Å². The van der Waals surface area contributed by atoms with Gasteiger partial charge in [0.05, 0.1) is 12.7 Å². The smallest absolute Gasteiger partial charge is 0.221 e. The van der Waals surface area contributed by atoms with Gasteiger partial charge in [0.15, 0.2) is 0 Å². The summed E-state index contributed by atoms with van der Waals surface area (Å²) in [4.78, 5) is 10.7. The van der Waals surface area contributed by atoms with Crippen LogP contribution in [0.4, 0.5) is 5.82 Å². The average Bonchev–Trinajstić information content (AvgIpc) is 2.30. The fourth-order valence-corrected chi connectivity index (χ4v) is 1.83. The lowest BCUT2D eigenvalue weighted by atomic mass is 10.2. The van der Waals surface area contributed by atoms with Crippen LogP contribution < -0.4 is 15.0 Å². The number of piperazine rings is 1. The highest BCUT2D eigenvalue weighted by Crippen LogP contribution is 2.23. The van der Waals surface area contributed by atoms with Crippen molar-refractivity contribution in [1.29, 1.82) is 0 Å². The van der Waals surface area contributed by atoms with E-state index in [9.17, 15) is 0 Å². The van der Waals surface area contributed by atoms with Crippen LogP contribution in [0.3, 0.4) is 0 Å². The summed E-state index contributed by atoms with van der Waals surface area (Å²) in [6, 6.07) is 0. The Labute approximate surface area is 89.5 Å². The molecule has 1 aromatic heterocycles. The number of anilines is 1. The van der Waals surface area contributed by atoms with Crippen LogP contribution in [0.25, 0.3) is 0 Å². The van der Waals surface area contributed by atoms with Crippen LogP contribution in [0.2, 0.25) is 0 Å².